The lowest BCUT2D eigenvalue weighted by atomic mass is 9.96. The van der Waals surface area contributed by atoms with Crippen LogP contribution in [-0.2, 0) is 14.3 Å². The molecule has 5 heteroatoms. The molecule has 0 aromatic carbocycles. The van der Waals surface area contributed by atoms with Gasteiger partial charge in [0.1, 0.15) is 6.04 Å². The molecule has 2 saturated heterocycles. The van der Waals surface area contributed by atoms with Crippen molar-refractivity contribution in [3.05, 3.63) is 0 Å². The van der Waals surface area contributed by atoms with Gasteiger partial charge in [0.15, 0.2) is 0 Å². The highest BCUT2D eigenvalue weighted by Gasteiger charge is 2.33. The zero-order valence-corrected chi connectivity index (χ0v) is 10.6. The van der Waals surface area contributed by atoms with Crippen LogP contribution in [0.25, 0.3) is 0 Å². The third-order valence-electron chi connectivity index (χ3n) is 3.88. The smallest absolute Gasteiger partial charge is 0.326 e. The van der Waals surface area contributed by atoms with Crippen LogP contribution >= 0.6 is 0 Å². The van der Waals surface area contributed by atoms with Crippen LogP contribution in [0, 0.1) is 5.92 Å². The van der Waals surface area contributed by atoms with Crippen LogP contribution in [-0.4, -0.2) is 47.7 Å². The van der Waals surface area contributed by atoms with E-state index in [0.29, 0.717) is 25.3 Å². The summed E-state index contributed by atoms with van der Waals surface area (Å²) in [5.74, 6) is -0.416. The second-order valence-corrected chi connectivity index (χ2v) is 5.21. The summed E-state index contributed by atoms with van der Waals surface area (Å²) in [5.41, 5.74) is 0. The number of hydrogen-bond acceptors (Lipinski definition) is 3. The molecule has 5 nitrogen and oxygen atoms in total. The fourth-order valence-corrected chi connectivity index (χ4v) is 2.83. The Morgan fingerprint density at radius 1 is 1.28 bits per heavy atom. The van der Waals surface area contributed by atoms with Crippen LogP contribution in [0.1, 0.15) is 38.5 Å². The quantitative estimate of drug-likeness (QED) is 0.821. The summed E-state index contributed by atoms with van der Waals surface area (Å²) in [5, 5.41) is 9.04. The van der Waals surface area contributed by atoms with Crippen molar-refractivity contribution in [1.82, 2.24) is 4.90 Å². The zero-order chi connectivity index (χ0) is 13.0. The second kappa shape index (κ2) is 6.18. The predicted octanol–water partition coefficient (Wildman–Crippen LogP) is 1.27. The summed E-state index contributed by atoms with van der Waals surface area (Å²) in [7, 11) is 0. The average molecular weight is 255 g/mol. The molecule has 1 N–H and O–H groups in total. The van der Waals surface area contributed by atoms with Gasteiger partial charge in [0.2, 0.25) is 5.91 Å². The molecule has 1 unspecified atom stereocenters. The fourth-order valence-electron chi connectivity index (χ4n) is 2.83. The van der Waals surface area contributed by atoms with E-state index in [-0.39, 0.29) is 5.91 Å². The Hall–Kier alpha value is -1.10. The van der Waals surface area contributed by atoms with Crippen molar-refractivity contribution < 1.29 is 19.4 Å². The molecule has 0 aromatic heterocycles. The number of carbonyl (C=O) groups excluding carboxylic acids is 1. The van der Waals surface area contributed by atoms with Crippen LogP contribution in [0.4, 0.5) is 0 Å². The molecule has 2 rings (SSSR count). The van der Waals surface area contributed by atoms with Crippen molar-refractivity contribution >= 4 is 11.9 Å². The number of amides is 1. The number of carboxylic acids is 1. The number of carboxylic acid groups (broad SMARTS) is 1. The summed E-state index contributed by atoms with van der Waals surface area (Å²) in [6.07, 6.45) is 4.86. The molecule has 102 valence electrons. The van der Waals surface area contributed by atoms with Gasteiger partial charge in [-0.1, -0.05) is 0 Å². The first-order chi connectivity index (χ1) is 8.68. The predicted molar refractivity (Wildman–Crippen MR) is 65.1 cm³/mol. The number of likely N-dealkylation sites (tertiary alicyclic amines) is 1. The monoisotopic (exact) mass is 255 g/mol. The summed E-state index contributed by atoms with van der Waals surface area (Å²) in [6.45, 7) is 2.17. The van der Waals surface area contributed by atoms with Gasteiger partial charge in [-0.05, 0) is 38.0 Å². The Kier molecular flexibility index (Phi) is 4.58. The molecule has 1 amide bonds. The first-order valence-electron chi connectivity index (χ1n) is 6.78. The minimum absolute atomic E-state index is 0.00882. The van der Waals surface area contributed by atoms with Crippen molar-refractivity contribution in [2.45, 2.75) is 44.6 Å². The molecule has 2 atom stereocenters. The zero-order valence-electron chi connectivity index (χ0n) is 10.6. The molecular weight excluding hydrogens is 234 g/mol. The Bertz CT molecular complexity index is 312. The molecule has 0 saturated carbocycles. The van der Waals surface area contributed by atoms with E-state index in [9.17, 15) is 9.59 Å². The topological polar surface area (TPSA) is 66.8 Å². The number of rotatable bonds is 4. The summed E-state index contributed by atoms with van der Waals surface area (Å²) in [4.78, 5) is 24.6. The SMILES string of the molecule is O=C(O)[C@H]1CCCN1C(=O)CCC1CCCOC1. The van der Waals surface area contributed by atoms with Crippen molar-refractivity contribution in [2.24, 2.45) is 5.92 Å². The molecule has 2 aliphatic heterocycles. The summed E-state index contributed by atoms with van der Waals surface area (Å²) < 4.78 is 5.38. The Labute approximate surface area is 107 Å². The first-order valence-corrected chi connectivity index (χ1v) is 6.78. The normalized spacial score (nSPS) is 28.3. The molecule has 0 spiro atoms. The van der Waals surface area contributed by atoms with E-state index in [2.05, 4.69) is 0 Å². The second-order valence-electron chi connectivity index (χ2n) is 5.21. The van der Waals surface area contributed by atoms with E-state index < -0.39 is 12.0 Å². The highest BCUT2D eigenvalue weighted by Crippen LogP contribution is 2.22. The molecule has 2 heterocycles. The van der Waals surface area contributed by atoms with Crippen LogP contribution in [0.2, 0.25) is 0 Å². The number of ether oxygens (including phenoxy) is 1. The van der Waals surface area contributed by atoms with E-state index in [0.717, 1.165) is 38.9 Å². The van der Waals surface area contributed by atoms with E-state index in [1.165, 1.54) is 4.90 Å². The molecule has 0 aliphatic carbocycles. The highest BCUT2D eigenvalue weighted by atomic mass is 16.5. The van der Waals surface area contributed by atoms with Gasteiger partial charge in [-0.3, -0.25) is 4.79 Å². The van der Waals surface area contributed by atoms with E-state index in [1.54, 1.807) is 0 Å². The Balaban J connectivity index is 1.78. The van der Waals surface area contributed by atoms with Gasteiger partial charge in [-0.25, -0.2) is 4.79 Å². The maximum atomic E-state index is 12.0. The van der Waals surface area contributed by atoms with Crippen LogP contribution in [0.15, 0.2) is 0 Å². The van der Waals surface area contributed by atoms with Gasteiger partial charge in [0, 0.05) is 26.2 Å². The number of carbonyl (C=O) groups is 2. The van der Waals surface area contributed by atoms with Crippen LogP contribution < -0.4 is 0 Å². The summed E-state index contributed by atoms with van der Waals surface area (Å²) >= 11 is 0. The highest BCUT2D eigenvalue weighted by molar-refractivity contribution is 5.84. The van der Waals surface area contributed by atoms with Crippen molar-refractivity contribution in [2.75, 3.05) is 19.8 Å². The van der Waals surface area contributed by atoms with Gasteiger partial charge in [0.05, 0.1) is 0 Å². The third-order valence-corrected chi connectivity index (χ3v) is 3.88. The van der Waals surface area contributed by atoms with Crippen molar-refractivity contribution in [3.63, 3.8) is 0 Å². The van der Waals surface area contributed by atoms with Gasteiger partial charge in [-0.2, -0.15) is 0 Å². The minimum atomic E-state index is -0.873. The van der Waals surface area contributed by atoms with Crippen molar-refractivity contribution in [3.8, 4) is 0 Å². The minimum Gasteiger partial charge on any atom is -0.480 e. The van der Waals surface area contributed by atoms with E-state index in [1.807, 2.05) is 0 Å². The maximum absolute atomic E-state index is 12.0. The average Bonchev–Trinajstić information content (AvgIpc) is 2.86. The number of aliphatic carboxylic acids is 1. The number of hydrogen-bond donors (Lipinski definition) is 1. The van der Waals surface area contributed by atoms with E-state index >= 15 is 0 Å². The molecular formula is C13H21NO4. The largest absolute Gasteiger partial charge is 0.480 e. The number of nitrogens with zero attached hydrogens (tertiary/aromatic N) is 1. The van der Waals surface area contributed by atoms with E-state index in [4.69, 9.17) is 9.84 Å². The van der Waals surface area contributed by atoms with Crippen LogP contribution in [0.3, 0.4) is 0 Å². The van der Waals surface area contributed by atoms with Gasteiger partial charge >= 0.3 is 5.97 Å². The van der Waals surface area contributed by atoms with Gasteiger partial charge < -0.3 is 14.7 Å². The fraction of sp³-hybridized carbons (Fsp3) is 0.846. The molecule has 18 heavy (non-hydrogen) atoms. The molecule has 0 radical (unpaired) electrons. The maximum Gasteiger partial charge on any atom is 0.326 e. The molecule has 0 bridgehead atoms. The molecule has 2 fully saturated rings. The van der Waals surface area contributed by atoms with Crippen LogP contribution in [0.5, 0.6) is 0 Å². The third kappa shape index (κ3) is 3.22. The lowest BCUT2D eigenvalue weighted by molar-refractivity contribution is -0.148. The lowest BCUT2D eigenvalue weighted by Gasteiger charge is -2.24. The van der Waals surface area contributed by atoms with Gasteiger partial charge in [-0.15, -0.1) is 0 Å². The Morgan fingerprint density at radius 3 is 2.78 bits per heavy atom. The standard InChI is InChI=1S/C13H21NO4/c15-12(6-5-10-3-2-8-18-9-10)14-7-1-4-11(14)13(16)17/h10-11H,1-9H2,(H,16,17)/t10?,11-/m1/s1. The molecule has 0 aromatic rings. The summed E-state index contributed by atoms with van der Waals surface area (Å²) in [6, 6.07) is -0.597. The van der Waals surface area contributed by atoms with Gasteiger partial charge in [0.25, 0.3) is 0 Å². The lowest BCUT2D eigenvalue weighted by Crippen LogP contribution is -2.40. The van der Waals surface area contributed by atoms with Crippen molar-refractivity contribution in [1.29, 1.82) is 0 Å². The molecule has 2 aliphatic rings. The Morgan fingerprint density at radius 2 is 2.11 bits per heavy atom. The first kappa shape index (κ1) is 13.3.